The lowest BCUT2D eigenvalue weighted by atomic mass is 10.1. The van der Waals surface area contributed by atoms with Crippen molar-refractivity contribution in [1.82, 2.24) is 9.78 Å². The molecule has 0 aliphatic carbocycles. The minimum absolute atomic E-state index is 0.759. The van der Waals surface area contributed by atoms with E-state index in [9.17, 15) is 0 Å². The number of benzene rings is 2. The normalized spacial score (nSPS) is 13.0. The number of fused-ring (bicyclic) bond motifs is 1. The van der Waals surface area contributed by atoms with Crippen molar-refractivity contribution in [2.75, 3.05) is 11.9 Å². The summed E-state index contributed by atoms with van der Waals surface area (Å²) in [7, 11) is 0. The Bertz CT molecular complexity index is 884. The molecule has 1 N–H and O–H groups in total. The second-order valence-electron chi connectivity index (χ2n) is 5.70. The number of hydrogen-bond donors (Lipinski definition) is 1. The van der Waals surface area contributed by atoms with Gasteiger partial charge in [-0.1, -0.05) is 45.7 Å². The average molecular weight is 389 g/mol. The van der Waals surface area contributed by atoms with Gasteiger partial charge < -0.3 is 5.32 Å². The van der Waals surface area contributed by atoms with Gasteiger partial charge in [-0.2, -0.15) is 5.10 Å². The second-order valence-corrected chi connectivity index (χ2v) is 7.03. The average Bonchev–Trinajstić information content (AvgIpc) is 3.13. The third-order valence-electron chi connectivity index (χ3n) is 4.17. The molecular weight excluding hydrogens is 374 g/mol. The summed E-state index contributed by atoms with van der Waals surface area (Å²) >= 11 is 9.77. The third kappa shape index (κ3) is 2.56. The molecule has 2 aromatic carbocycles. The van der Waals surface area contributed by atoms with Crippen LogP contribution in [-0.4, -0.2) is 16.3 Å². The van der Waals surface area contributed by atoms with Gasteiger partial charge in [0.05, 0.1) is 11.4 Å². The quantitative estimate of drug-likeness (QED) is 0.651. The molecule has 0 amide bonds. The summed E-state index contributed by atoms with van der Waals surface area (Å²) in [4.78, 5) is 0. The molecule has 3 nitrogen and oxygen atoms in total. The van der Waals surface area contributed by atoms with E-state index in [0.29, 0.717) is 0 Å². The van der Waals surface area contributed by atoms with Gasteiger partial charge in [-0.25, -0.2) is 4.68 Å². The maximum Gasteiger partial charge on any atom is 0.133 e. The zero-order chi connectivity index (χ0) is 16.0. The lowest BCUT2D eigenvalue weighted by Gasteiger charge is -2.08. The zero-order valence-corrected chi connectivity index (χ0v) is 14.9. The fraction of sp³-hybridized carbons (Fsp3) is 0.167. The van der Waals surface area contributed by atoms with Crippen molar-refractivity contribution in [1.29, 1.82) is 0 Å². The summed E-state index contributed by atoms with van der Waals surface area (Å²) in [6, 6.07) is 14.3. The molecule has 1 aliphatic rings. The molecule has 0 unspecified atom stereocenters. The van der Waals surface area contributed by atoms with Crippen LogP contribution in [0.15, 0.2) is 46.9 Å². The number of anilines is 1. The van der Waals surface area contributed by atoms with Crippen LogP contribution in [0, 0.1) is 6.92 Å². The summed E-state index contributed by atoms with van der Waals surface area (Å²) in [5.74, 6) is 1.07. The van der Waals surface area contributed by atoms with E-state index in [0.717, 1.165) is 50.8 Å². The zero-order valence-electron chi connectivity index (χ0n) is 12.6. The van der Waals surface area contributed by atoms with Crippen molar-refractivity contribution < 1.29 is 0 Å². The Kier molecular flexibility index (Phi) is 3.66. The molecular formula is C18H15BrClN3. The first kappa shape index (κ1) is 14.8. The van der Waals surface area contributed by atoms with Crippen molar-refractivity contribution in [2.45, 2.75) is 13.3 Å². The van der Waals surface area contributed by atoms with Crippen molar-refractivity contribution in [2.24, 2.45) is 0 Å². The topological polar surface area (TPSA) is 29.9 Å². The summed E-state index contributed by atoms with van der Waals surface area (Å²) in [6.45, 7) is 2.95. The maximum absolute atomic E-state index is 6.29. The van der Waals surface area contributed by atoms with Crippen molar-refractivity contribution in [3.05, 3.63) is 63.1 Å². The smallest absolute Gasteiger partial charge is 0.133 e. The number of halogens is 2. The van der Waals surface area contributed by atoms with Crippen LogP contribution in [0.25, 0.3) is 16.9 Å². The Morgan fingerprint density at radius 2 is 1.96 bits per heavy atom. The molecule has 0 bridgehead atoms. The number of nitrogens with zero attached hydrogens (tertiary/aromatic N) is 2. The molecule has 1 aromatic heterocycles. The van der Waals surface area contributed by atoms with Crippen LogP contribution in [0.1, 0.15) is 11.1 Å². The van der Waals surface area contributed by atoms with Crippen LogP contribution in [0.3, 0.4) is 0 Å². The van der Waals surface area contributed by atoms with Gasteiger partial charge in [-0.05, 0) is 43.2 Å². The van der Waals surface area contributed by atoms with Gasteiger partial charge in [-0.15, -0.1) is 0 Å². The monoisotopic (exact) mass is 387 g/mol. The van der Waals surface area contributed by atoms with Crippen LogP contribution in [0.5, 0.6) is 0 Å². The van der Waals surface area contributed by atoms with E-state index in [2.05, 4.69) is 39.4 Å². The van der Waals surface area contributed by atoms with Gasteiger partial charge in [-0.3, -0.25) is 0 Å². The van der Waals surface area contributed by atoms with Crippen molar-refractivity contribution in [3.63, 3.8) is 0 Å². The molecule has 0 atom stereocenters. The summed E-state index contributed by atoms with van der Waals surface area (Å²) in [6.07, 6.45) is 0.986. The minimum Gasteiger partial charge on any atom is -0.369 e. The largest absolute Gasteiger partial charge is 0.369 e. The van der Waals surface area contributed by atoms with E-state index in [1.807, 2.05) is 35.9 Å². The molecule has 1 aliphatic heterocycles. The molecule has 23 heavy (non-hydrogen) atoms. The van der Waals surface area contributed by atoms with Gasteiger partial charge in [0.15, 0.2) is 0 Å². The van der Waals surface area contributed by atoms with E-state index in [-0.39, 0.29) is 0 Å². The van der Waals surface area contributed by atoms with E-state index >= 15 is 0 Å². The number of aryl methyl sites for hydroxylation is 1. The van der Waals surface area contributed by atoms with E-state index in [1.165, 1.54) is 5.56 Å². The van der Waals surface area contributed by atoms with Gasteiger partial charge in [0.2, 0.25) is 0 Å². The highest BCUT2D eigenvalue weighted by Crippen LogP contribution is 2.35. The summed E-state index contributed by atoms with van der Waals surface area (Å²) in [5, 5.41) is 9.06. The second kappa shape index (κ2) is 5.69. The fourth-order valence-corrected chi connectivity index (χ4v) is 3.35. The molecule has 3 aromatic rings. The standard InChI is InChI=1S/C18H15BrClN3/c1-11-2-7-14(10-16(11)20)23-18-15(8-9-21-18)17(22-23)12-3-5-13(19)6-4-12/h2-7,10,21H,8-9H2,1H3. The Morgan fingerprint density at radius 1 is 1.17 bits per heavy atom. The van der Waals surface area contributed by atoms with E-state index < -0.39 is 0 Å². The Labute approximate surface area is 148 Å². The summed E-state index contributed by atoms with van der Waals surface area (Å²) in [5.41, 5.74) is 5.48. The Morgan fingerprint density at radius 3 is 2.70 bits per heavy atom. The highest BCUT2D eigenvalue weighted by atomic mass is 79.9. The third-order valence-corrected chi connectivity index (χ3v) is 5.10. The highest BCUT2D eigenvalue weighted by molar-refractivity contribution is 9.10. The van der Waals surface area contributed by atoms with Crippen molar-refractivity contribution >= 4 is 33.3 Å². The van der Waals surface area contributed by atoms with Crippen LogP contribution < -0.4 is 5.32 Å². The SMILES string of the molecule is Cc1ccc(-n2nc(-c3ccc(Br)cc3)c3c2NCC3)cc1Cl. The minimum atomic E-state index is 0.759. The first-order chi connectivity index (χ1) is 11.1. The molecule has 4 rings (SSSR count). The molecule has 0 saturated carbocycles. The van der Waals surface area contributed by atoms with E-state index in [1.54, 1.807) is 0 Å². The van der Waals surface area contributed by atoms with Crippen LogP contribution in [0.2, 0.25) is 5.02 Å². The number of aromatic nitrogens is 2. The highest BCUT2D eigenvalue weighted by Gasteiger charge is 2.24. The molecule has 5 heteroatoms. The lowest BCUT2D eigenvalue weighted by Crippen LogP contribution is -2.04. The first-order valence-electron chi connectivity index (χ1n) is 7.52. The van der Waals surface area contributed by atoms with E-state index in [4.69, 9.17) is 16.7 Å². The van der Waals surface area contributed by atoms with Gasteiger partial charge in [0.1, 0.15) is 5.82 Å². The maximum atomic E-state index is 6.29. The van der Waals surface area contributed by atoms with Crippen LogP contribution in [-0.2, 0) is 6.42 Å². The molecule has 2 heterocycles. The van der Waals surface area contributed by atoms with Crippen LogP contribution >= 0.6 is 27.5 Å². The molecule has 0 saturated heterocycles. The Balaban J connectivity index is 1.87. The predicted molar refractivity (Wildman–Crippen MR) is 98.6 cm³/mol. The number of nitrogens with one attached hydrogen (secondary N) is 1. The van der Waals surface area contributed by atoms with Crippen molar-refractivity contribution in [3.8, 4) is 16.9 Å². The Hall–Kier alpha value is -1.78. The van der Waals surface area contributed by atoms with Crippen LogP contribution in [0.4, 0.5) is 5.82 Å². The van der Waals surface area contributed by atoms with Gasteiger partial charge in [0.25, 0.3) is 0 Å². The molecule has 0 radical (unpaired) electrons. The number of rotatable bonds is 2. The lowest BCUT2D eigenvalue weighted by molar-refractivity contribution is 0.882. The fourth-order valence-electron chi connectivity index (χ4n) is 2.91. The first-order valence-corrected chi connectivity index (χ1v) is 8.69. The summed E-state index contributed by atoms with van der Waals surface area (Å²) < 4.78 is 3.03. The molecule has 116 valence electrons. The number of hydrogen-bond acceptors (Lipinski definition) is 2. The molecule has 0 spiro atoms. The van der Waals surface area contributed by atoms with Gasteiger partial charge in [0, 0.05) is 27.2 Å². The molecule has 0 fully saturated rings. The predicted octanol–water partition coefficient (Wildman–Crippen LogP) is 5.23. The van der Waals surface area contributed by atoms with Gasteiger partial charge >= 0.3 is 0 Å².